The first-order chi connectivity index (χ1) is 14.0. The van der Waals surface area contributed by atoms with Crippen LogP contribution in [0.25, 0.3) is 0 Å². The number of ether oxygens (including phenoxy) is 1. The average molecular weight is 486 g/mol. The van der Waals surface area contributed by atoms with Crippen molar-refractivity contribution < 1.29 is 32.3 Å². The van der Waals surface area contributed by atoms with Gasteiger partial charge in [-0.25, -0.2) is 4.79 Å². The standard InChI is InChI=1S/C19H15BrF3N3O4/c1-25-10-17(28)26(18(25)29)9-16(27)24-15-8-13(6-7-14(15)19(21,22)23)30-12-4-2-11(20)3-5-12/h2-8H,9-10H2,1H3,(H,24,27). The van der Waals surface area contributed by atoms with Crippen molar-refractivity contribution in [1.82, 2.24) is 9.80 Å². The molecule has 0 saturated carbocycles. The van der Waals surface area contributed by atoms with Gasteiger partial charge in [-0.15, -0.1) is 0 Å². The maximum absolute atomic E-state index is 13.4. The molecule has 7 nitrogen and oxygen atoms in total. The predicted molar refractivity (Wildman–Crippen MR) is 104 cm³/mol. The van der Waals surface area contributed by atoms with Gasteiger partial charge in [-0.3, -0.25) is 14.5 Å². The van der Waals surface area contributed by atoms with Crippen LogP contribution in [0.5, 0.6) is 11.5 Å². The van der Waals surface area contributed by atoms with Gasteiger partial charge >= 0.3 is 12.2 Å². The molecule has 0 bridgehead atoms. The van der Waals surface area contributed by atoms with Crippen LogP contribution in [-0.2, 0) is 15.8 Å². The minimum absolute atomic E-state index is 0.0636. The van der Waals surface area contributed by atoms with Crippen LogP contribution in [0.15, 0.2) is 46.9 Å². The Morgan fingerprint density at radius 2 is 1.77 bits per heavy atom. The number of carbonyl (C=O) groups excluding carboxylic acids is 3. The molecule has 0 aliphatic carbocycles. The summed E-state index contributed by atoms with van der Waals surface area (Å²) in [4.78, 5) is 37.7. The zero-order valence-electron chi connectivity index (χ0n) is 15.5. The monoisotopic (exact) mass is 485 g/mol. The number of hydrogen-bond acceptors (Lipinski definition) is 4. The fourth-order valence-electron chi connectivity index (χ4n) is 2.73. The molecule has 1 saturated heterocycles. The number of nitrogens with zero attached hydrogens (tertiary/aromatic N) is 2. The number of hydrogen-bond donors (Lipinski definition) is 1. The Labute approximate surface area is 177 Å². The van der Waals surface area contributed by atoms with Crippen molar-refractivity contribution in [3.63, 3.8) is 0 Å². The lowest BCUT2D eigenvalue weighted by atomic mass is 10.1. The second kappa shape index (κ2) is 8.34. The molecule has 1 fully saturated rings. The average Bonchev–Trinajstić information content (AvgIpc) is 2.89. The molecule has 1 aliphatic heterocycles. The first-order valence-electron chi connectivity index (χ1n) is 8.54. The zero-order chi connectivity index (χ0) is 22.1. The highest BCUT2D eigenvalue weighted by Crippen LogP contribution is 2.37. The van der Waals surface area contributed by atoms with E-state index >= 15 is 0 Å². The number of likely N-dealkylation sites (N-methyl/N-ethyl adjacent to an activating group) is 1. The molecule has 1 heterocycles. The van der Waals surface area contributed by atoms with Crippen molar-refractivity contribution in [3.8, 4) is 11.5 Å². The number of rotatable bonds is 5. The summed E-state index contributed by atoms with van der Waals surface area (Å²) in [6.45, 7) is -0.895. The molecule has 30 heavy (non-hydrogen) atoms. The van der Waals surface area contributed by atoms with Crippen molar-refractivity contribution in [2.75, 3.05) is 25.5 Å². The summed E-state index contributed by atoms with van der Waals surface area (Å²) in [5.41, 5.74) is -1.63. The van der Waals surface area contributed by atoms with Crippen LogP contribution < -0.4 is 10.1 Å². The highest BCUT2D eigenvalue weighted by molar-refractivity contribution is 9.10. The fourth-order valence-corrected chi connectivity index (χ4v) is 3.00. The second-order valence-electron chi connectivity index (χ2n) is 6.43. The molecule has 0 spiro atoms. The van der Waals surface area contributed by atoms with Crippen LogP contribution in [0.2, 0.25) is 0 Å². The van der Waals surface area contributed by atoms with Gasteiger partial charge in [0.25, 0.3) is 5.91 Å². The molecule has 1 aliphatic rings. The Morgan fingerprint density at radius 3 is 2.33 bits per heavy atom. The molecule has 2 aromatic carbocycles. The highest BCUT2D eigenvalue weighted by atomic mass is 79.9. The summed E-state index contributed by atoms with van der Waals surface area (Å²) >= 11 is 3.27. The Hall–Kier alpha value is -3.08. The SMILES string of the molecule is CN1CC(=O)N(CC(=O)Nc2cc(Oc3ccc(Br)cc3)ccc2C(F)(F)F)C1=O. The summed E-state index contributed by atoms with van der Waals surface area (Å²) in [6, 6.07) is 8.86. The maximum Gasteiger partial charge on any atom is 0.418 e. The summed E-state index contributed by atoms with van der Waals surface area (Å²) in [5, 5.41) is 2.12. The summed E-state index contributed by atoms with van der Waals surface area (Å²) < 4.78 is 46.4. The zero-order valence-corrected chi connectivity index (χ0v) is 17.1. The number of nitrogens with one attached hydrogen (secondary N) is 1. The lowest BCUT2D eigenvalue weighted by Gasteiger charge is -2.17. The Morgan fingerprint density at radius 1 is 1.13 bits per heavy atom. The van der Waals surface area contributed by atoms with Crippen LogP contribution >= 0.6 is 15.9 Å². The number of carbonyl (C=O) groups is 3. The highest BCUT2D eigenvalue weighted by Gasteiger charge is 2.37. The van der Waals surface area contributed by atoms with Crippen LogP contribution in [0, 0.1) is 0 Å². The van der Waals surface area contributed by atoms with E-state index in [1.165, 1.54) is 7.05 Å². The van der Waals surface area contributed by atoms with Crippen molar-refractivity contribution in [2.24, 2.45) is 0 Å². The van der Waals surface area contributed by atoms with E-state index in [0.29, 0.717) is 10.6 Å². The van der Waals surface area contributed by atoms with Gasteiger partial charge in [0.05, 0.1) is 11.3 Å². The number of urea groups is 1. The van der Waals surface area contributed by atoms with Gasteiger partial charge in [-0.2, -0.15) is 13.2 Å². The predicted octanol–water partition coefficient (Wildman–Crippen LogP) is 4.09. The van der Waals surface area contributed by atoms with Gasteiger partial charge in [-0.05, 0) is 36.4 Å². The Kier molecular flexibility index (Phi) is 6.01. The fraction of sp³-hybridized carbons (Fsp3) is 0.211. The smallest absolute Gasteiger partial charge is 0.418 e. The molecule has 11 heteroatoms. The minimum atomic E-state index is -4.74. The van der Waals surface area contributed by atoms with E-state index in [4.69, 9.17) is 4.74 Å². The van der Waals surface area contributed by atoms with E-state index in [0.717, 1.165) is 27.6 Å². The topological polar surface area (TPSA) is 79.0 Å². The Balaban J connectivity index is 1.82. The minimum Gasteiger partial charge on any atom is -0.457 e. The van der Waals surface area contributed by atoms with Crippen LogP contribution in [-0.4, -0.2) is 47.8 Å². The molecule has 4 amide bonds. The van der Waals surface area contributed by atoms with Crippen LogP contribution in [0.3, 0.4) is 0 Å². The van der Waals surface area contributed by atoms with Gasteiger partial charge in [0.1, 0.15) is 24.6 Å². The number of alkyl halides is 3. The number of halogens is 4. The van der Waals surface area contributed by atoms with E-state index < -0.39 is 41.8 Å². The molecule has 0 atom stereocenters. The van der Waals surface area contributed by atoms with Gasteiger partial charge in [0.15, 0.2) is 0 Å². The van der Waals surface area contributed by atoms with Gasteiger partial charge in [0.2, 0.25) is 5.91 Å². The first-order valence-corrected chi connectivity index (χ1v) is 9.34. The molecule has 0 radical (unpaired) electrons. The second-order valence-corrected chi connectivity index (χ2v) is 7.34. The van der Waals surface area contributed by atoms with E-state index in [1.807, 2.05) is 0 Å². The van der Waals surface area contributed by atoms with Crippen LogP contribution in [0.4, 0.5) is 23.7 Å². The summed E-state index contributed by atoms with van der Waals surface area (Å²) in [6.07, 6.45) is -4.74. The third-order valence-corrected chi connectivity index (χ3v) is 4.68. The van der Waals surface area contributed by atoms with Crippen molar-refractivity contribution >= 4 is 39.5 Å². The third kappa shape index (κ3) is 4.90. The lowest BCUT2D eigenvalue weighted by Crippen LogP contribution is -2.38. The molecule has 0 unspecified atom stereocenters. The van der Waals surface area contributed by atoms with E-state index in [9.17, 15) is 27.6 Å². The lowest BCUT2D eigenvalue weighted by molar-refractivity contribution is -0.137. The van der Waals surface area contributed by atoms with Crippen molar-refractivity contribution in [2.45, 2.75) is 6.18 Å². The first kappa shape index (κ1) is 21.6. The van der Waals surface area contributed by atoms with E-state index in [-0.39, 0.29) is 12.3 Å². The number of imide groups is 1. The molecule has 2 aromatic rings. The van der Waals surface area contributed by atoms with Gasteiger partial charge in [0, 0.05) is 17.6 Å². The van der Waals surface area contributed by atoms with Gasteiger partial charge in [-0.1, -0.05) is 15.9 Å². The summed E-state index contributed by atoms with van der Waals surface area (Å²) in [5.74, 6) is -1.11. The maximum atomic E-state index is 13.4. The van der Waals surface area contributed by atoms with Gasteiger partial charge < -0.3 is 15.0 Å². The largest absolute Gasteiger partial charge is 0.457 e. The number of anilines is 1. The molecular formula is C19H15BrF3N3O4. The van der Waals surface area contributed by atoms with E-state index in [2.05, 4.69) is 21.2 Å². The molecule has 158 valence electrons. The Bertz CT molecular complexity index is 996. The quantitative estimate of drug-likeness (QED) is 0.646. The number of amides is 4. The summed E-state index contributed by atoms with van der Waals surface area (Å²) in [7, 11) is 1.38. The normalized spacial score (nSPS) is 14.3. The van der Waals surface area contributed by atoms with Crippen LogP contribution in [0.1, 0.15) is 5.56 Å². The third-order valence-electron chi connectivity index (χ3n) is 4.15. The van der Waals surface area contributed by atoms with Crippen molar-refractivity contribution in [1.29, 1.82) is 0 Å². The molecule has 3 rings (SSSR count). The van der Waals surface area contributed by atoms with Crippen molar-refractivity contribution in [3.05, 3.63) is 52.5 Å². The molecule has 1 N–H and O–H groups in total. The number of benzene rings is 2. The molecular weight excluding hydrogens is 471 g/mol. The molecule has 0 aromatic heterocycles. The van der Waals surface area contributed by atoms with E-state index in [1.54, 1.807) is 24.3 Å².